The number of aromatic amines is 1. The summed E-state index contributed by atoms with van der Waals surface area (Å²) in [6, 6.07) is 13.7. The van der Waals surface area contributed by atoms with Gasteiger partial charge in [-0.2, -0.15) is 0 Å². The molecule has 0 radical (unpaired) electrons. The van der Waals surface area contributed by atoms with E-state index < -0.39 is 10.0 Å². The average Bonchev–Trinajstić information content (AvgIpc) is 3.06. The number of carbonyl (C=O) groups excluding carboxylic acids is 1. The molecule has 0 aliphatic carbocycles. The van der Waals surface area contributed by atoms with Crippen LogP contribution in [0.2, 0.25) is 0 Å². The number of hydrogen-bond acceptors (Lipinski definition) is 3. The monoisotopic (exact) mass is 372 g/mol. The standard InChI is InChI=1S/C19H17FN2O3S/c1-2-18(23)17-11-16(12-3-7-14(20)8-4-12)19(22-17)13-5-9-15(10-6-13)26(21,24)25/h3-11,22H,2H2,1H3,(H2,21,24,25). The maximum absolute atomic E-state index is 13.2. The van der Waals surface area contributed by atoms with Gasteiger partial charge in [-0.1, -0.05) is 31.2 Å². The number of nitrogens with one attached hydrogen (secondary N) is 1. The summed E-state index contributed by atoms with van der Waals surface area (Å²) >= 11 is 0. The van der Waals surface area contributed by atoms with Crippen LogP contribution in [0.3, 0.4) is 0 Å². The molecule has 26 heavy (non-hydrogen) atoms. The molecule has 1 heterocycles. The number of H-pyrrole nitrogens is 1. The number of benzene rings is 2. The summed E-state index contributed by atoms with van der Waals surface area (Å²) in [5.41, 5.74) is 3.24. The minimum Gasteiger partial charge on any atom is -0.352 e. The third kappa shape index (κ3) is 3.58. The molecule has 0 atom stereocenters. The van der Waals surface area contributed by atoms with E-state index in [0.717, 1.165) is 11.1 Å². The van der Waals surface area contributed by atoms with Gasteiger partial charge in [-0.3, -0.25) is 4.79 Å². The molecule has 7 heteroatoms. The summed E-state index contributed by atoms with van der Waals surface area (Å²) in [4.78, 5) is 15.2. The predicted molar refractivity (Wildman–Crippen MR) is 97.6 cm³/mol. The largest absolute Gasteiger partial charge is 0.352 e. The van der Waals surface area contributed by atoms with E-state index in [0.29, 0.717) is 23.4 Å². The molecule has 0 saturated carbocycles. The first-order chi connectivity index (χ1) is 12.3. The molecule has 0 bridgehead atoms. The number of Topliss-reactive ketones (excluding diaryl/α,β-unsaturated/α-hetero) is 1. The SMILES string of the molecule is CCC(=O)c1cc(-c2ccc(F)cc2)c(-c2ccc(S(N)(=O)=O)cc2)[nH]1. The lowest BCUT2D eigenvalue weighted by Gasteiger charge is -2.06. The first-order valence-corrected chi connectivity index (χ1v) is 9.49. The fourth-order valence-corrected chi connectivity index (χ4v) is 3.21. The first-order valence-electron chi connectivity index (χ1n) is 7.95. The number of ketones is 1. The molecule has 3 N–H and O–H groups in total. The lowest BCUT2D eigenvalue weighted by atomic mass is 10.0. The van der Waals surface area contributed by atoms with Crippen LogP contribution in [-0.2, 0) is 10.0 Å². The van der Waals surface area contributed by atoms with Crippen LogP contribution in [0, 0.1) is 5.82 Å². The van der Waals surface area contributed by atoms with Gasteiger partial charge in [0.15, 0.2) is 5.78 Å². The molecule has 134 valence electrons. The van der Waals surface area contributed by atoms with E-state index in [1.807, 2.05) is 0 Å². The van der Waals surface area contributed by atoms with Crippen molar-refractivity contribution >= 4 is 15.8 Å². The molecule has 0 unspecified atom stereocenters. The van der Waals surface area contributed by atoms with Gasteiger partial charge in [0.1, 0.15) is 5.82 Å². The number of hydrogen-bond donors (Lipinski definition) is 2. The second-order valence-electron chi connectivity index (χ2n) is 5.82. The van der Waals surface area contributed by atoms with Gasteiger partial charge in [0.05, 0.1) is 16.3 Å². The van der Waals surface area contributed by atoms with Crippen molar-refractivity contribution in [1.82, 2.24) is 4.98 Å². The van der Waals surface area contributed by atoms with E-state index >= 15 is 0 Å². The van der Waals surface area contributed by atoms with Crippen LogP contribution >= 0.6 is 0 Å². The summed E-state index contributed by atoms with van der Waals surface area (Å²) < 4.78 is 36.1. The number of sulfonamides is 1. The van der Waals surface area contributed by atoms with Gasteiger partial charge in [-0.05, 0) is 41.5 Å². The van der Waals surface area contributed by atoms with Crippen molar-refractivity contribution in [2.75, 3.05) is 0 Å². The van der Waals surface area contributed by atoms with Gasteiger partial charge in [-0.15, -0.1) is 0 Å². The Hall–Kier alpha value is -2.77. The summed E-state index contributed by atoms with van der Waals surface area (Å²) in [6.07, 6.45) is 0.340. The quantitative estimate of drug-likeness (QED) is 0.668. The maximum atomic E-state index is 13.2. The van der Waals surface area contributed by atoms with Crippen LogP contribution in [0.25, 0.3) is 22.4 Å². The smallest absolute Gasteiger partial charge is 0.238 e. The molecule has 1 aromatic heterocycles. The Morgan fingerprint density at radius 1 is 1.04 bits per heavy atom. The Morgan fingerprint density at radius 2 is 1.62 bits per heavy atom. The van der Waals surface area contributed by atoms with E-state index in [9.17, 15) is 17.6 Å². The van der Waals surface area contributed by atoms with Crippen molar-refractivity contribution in [3.63, 3.8) is 0 Å². The van der Waals surface area contributed by atoms with Crippen molar-refractivity contribution in [1.29, 1.82) is 0 Å². The van der Waals surface area contributed by atoms with Gasteiger partial charge in [0.2, 0.25) is 10.0 Å². The molecule has 0 saturated heterocycles. The third-order valence-corrected chi connectivity index (χ3v) is 5.00. The zero-order valence-electron chi connectivity index (χ0n) is 14.0. The number of primary sulfonamides is 1. The van der Waals surface area contributed by atoms with Crippen LogP contribution in [0.5, 0.6) is 0 Å². The predicted octanol–water partition coefficient (Wildman–Crippen LogP) is 3.73. The number of aromatic nitrogens is 1. The first kappa shape index (κ1) is 18.0. The third-order valence-electron chi connectivity index (χ3n) is 4.07. The Morgan fingerprint density at radius 3 is 2.15 bits per heavy atom. The number of halogens is 1. The number of carbonyl (C=O) groups is 1. The van der Waals surface area contributed by atoms with Crippen molar-refractivity contribution in [2.45, 2.75) is 18.2 Å². The fourth-order valence-electron chi connectivity index (χ4n) is 2.69. The highest BCUT2D eigenvalue weighted by Crippen LogP contribution is 2.33. The van der Waals surface area contributed by atoms with Gasteiger partial charge >= 0.3 is 0 Å². The van der Waals surface area contributed by atoms with Crippen molar-refractivity contribution in [3.05, 3.63) is 66.1 Å². The lowest BCUT2D eigenvalue weighted by Crippen LogP contribution is -2.11. The van der Waals surface area contributed by atoms with E-state index in [-0.39, 0.29) is 16.5 Å². The van der Waals surface area contributed by atoms with E-state index in [4.69, 9.17) is 5.14 Å². The van der Waals surface area contributed by atoms with Crippen molar-refractivity contribution in [2.24, 2.45) is 5.14 Å². The maximum Gasteiger partial charge on any atom is 0.238 e. The van der Waals surface area contributed by atoms with E-state index in [2.05, 4.69) is 4.98 Å². The summed E-state index contributed by atoms with van der Waals surface area (Å²) in [7, 11) is -3.79. The fraction of sp³-hybridized carbons (Fsp3) is 0.105. The molecule has 0 fully saturated rings. The highest BCUT2D eigenvalue weighted by Gasteiger charge is 2.16. The normalized spacial score (nSPS) is 11.5. The van der Waals surface area contributed by atoms with Gasteiger partial charge in [0.25, 0.3) is 0 Å². The Balaban J connectivity index is 2.14. The zero-order valence-corrected chi connectivity index (χ0v) is 14.8. The molecule has 0 amide bonds. The summed E-state index contributed by atoms with van der Waals surface area (Å²) in [5.74, 6) is -0.408. The van der Waals surface area contributed by atoms with Crippen LogP contribution in [0.4, 0.5) is 4.39 Å². The van der Waals surface area contributed by atoms with Crippen molar-refractivity contribution in [3.8, 4) is 22.4 Å². The molecule has 3 rings (SSSR count). The number of nitrogens with two attached hydrogens (primary N) is 1. The number of rotatable bonds is 5. The van der Waals surface area contributed by atoms with Gasteiger partial charge in [-0.25, -0.2) is 17.9 Å². The molecule has 0 aliphatic heterocycles. The van der Waals surface area contributed by atoms with Crippen LogP contribution in [0.1, 0.15) is 23.8 Å². The minimum absolute atomic E-state index is 0.000923. The lowest BCUT2D eigenvalue weighted by molar-refractivity contribution is 0.0984. The highest BCUT2D eigenvalue weighted by molar-refractivity contribution is 7.89. The molecule has 5 nitrogen and oxygen atoms in total. The summed E-state index contributed by atoms with van der Waals surface area (Å²) in [5, 5.41) is 5.13. The second kappa shape index (κ2) is 6.86. The summed E-state index contributed by atoms with van der Waals surface area (Å²) in [6.45, 7) is 1.77. The Bertz CT molecular complexity index is 1050. The molecule has 0 aliphatic rings. The molecular weight excluding hydrogens is 355 g/mol. The van der Waals surface area contributed by atoms with Crippen molar-refractivity contribution < 1.29 is 17.6 Å². The average molecular weight is 372 g/mol. The van der Waals surface area contributed by atoms with Gasteiger partial charge < -0.3 is 4.98 Å². The Labute approximate surface area is 150 Å². The minimum atomic E-state index is -3.79. The molecular formula is C19H17FN2O3S. The van der Waals surface area contributed by atoms with Gasteiger partial charge in [0, 0.05) is 12.0 Å². The van der Waals surface area contributed by atoms with Crippen LogP contribution < -0.4 is 5.14 Å². The highest BCUT2D eigenvalue weighted by atomic mass is 32.2. The van der Waals surface area contributed by atoms with E-state index in [1.54, 1.807) is 37.3 Å². The van der Waals surface area contributed by atoms with E-state index in [1.165, 1.54) is 24.3 Å². The van der Waals surface area contributed by atoms with Crippen LogP contribution in [0.15, 0.2) is 59.5 Å². The molecule has 2 aromatic carbocycles. The topological polar surface area (TPSA) is 93.0 Å². The second-order valence-corrected chi connectivity index (χ2v) is 7.39. The molecule has 0 spiro atoms. The van der Waals surface area contributed by atoms with Crippen LogP contribution in [-0.4, -0.2) is 19.2 Å². The Kier molecular flexibility index (Phi) is 4.76. The molecule has 3 aromatic rings. The zero-order chi connectivity index (χ0) is 18.9.